The first kappa shape index (κ1) is 68.6. The molecule has 478 valence electrons. The van der Waals surface area contributed by atoms with Crippen LogP contribution in [0.1, 0.15) is 80.1 Å². The SMILES string of the molecule is B[C@@H]1O[C@H](C)[C@H](O)[C@H](OC(=O)C[C@@H](O)C[C@H](OC(=O)C[C@@H](O)C[C@H](O[C@@H]2O[C@@H](CO)[C@H](O)[C@H]2O)[C@@H](C)CC)[C@@H](C)CC)[C@H]1O[C@@H]1O[C@@H](C)[C@H](OC2=C(O)[C@@H](OC3=C(O)[C@@H](O)[C@H](O)CO3)[C@H](O)CO2)[C@@H](O[C@@H]2O[C@H](CO)[C@@H](O)[C@H](O)[C@H]2O)[C@H]1O. The molecule has 0 aromatic carbocycles. The van der Waals surface area contributed by atoms with Crippen molar-refractivity contribution >= 4 is 19.8 Å². The van der Waals surface area contributed by atoms with Gasteiger partial charge in [-0.1, -0.05) is 40.5 Å². The largest absolute Gasteiger partial charge is 0.504 e. The highest BCUT2D eigenvalue weighted by Crippen LogP contribution is 2.37. The lowest BCUT2D eigenvalue weighted by atomic mass is 9.84. The van der Waals surface area contributed by atoms with Gasteiger partial charge in [-0.05, 0) is 25.7 Å². The zero-order valence-electron chi connectivity index (χ0n) is 47.1. The topological polar surface area (TPSA) is 478 Å². The Bertz CT molecular complexity index is 2130. The molecule has 0 unspecified atom stereocenters. The summed E-state index contributed by atoms with van der Waals surface area (Å²) in [6.45, 7) is 7.39. The lowest BCUT2D eigenvalue weighted by Gasteiger charge is -2.49. The van der Waals surface area contributed by atoms with E-state index in [-0.39, 0.29) is 24.7 Å². The van der Waals surface area contributed by atoms with Crippen LogP contribution in [0.4, 0.5) is 0 Å². The maximum atomic E-state index is 13.8. The van der Waals surface area contributed by atoms with Gasteiger partial charge in [0.2, 0.25) is 11.5 Å². The van der Waals surface area contributed by atoms with Crippen molar-refractivity contribution in [1.82, 2.24) is 0 Å². The van der Waals surface area contributed by atoms with E-state index in [1.807, 2.05) is 13.8 Å². The molecule has 32 heteroatoms. The number of aliphatic hydroxyl groups excluding tert-OH is 16. The van der Waals surface area contributed by atoms with E-state index < -0.39 is 240 Å². The van der Waals surface area contributed by atoms with Gasteiger partial charge in [0, 0.05) is 12.8 Å². The molecule has 83 heavy (non-hydrogen) atoms. The first-order chi connectivity index (χ1) is 39.1. The number of hydrogen-bond donors (Lipinski definition) is 16. The van der Waals surface area contributed by atoms with Gasteiger partial charge in [0.25, 0.3) is 0 Å². The fourth-order valence-electron chi connectivity index (χ4n) is 10.3. The molecule has 4 fully saturated rings. The highest BCUT2D eigenvalue weighted by Gasteiger charge is 2.55. The van der Waals surface area contributed by atoms with Crippen LogP contribution >= 0.6 is 0 Å². The molecule has 0 aliphatic carbocycles. The number of aliphatic hydroxyl groups is 16. The van der Waals surface area contributed by atoms with E-state index in [9.17, 15) is 91.3 Å². The minimum atomic E-state index is -2.09. The predicted octanol–water partition coefficient (Wildman–Crippen LogP) is -6.21. The van der Waals surface area contributed by atoms with Crippen molar-refractivity contribution in [2.75, 3.05) is 26.4 Å². The van der Waals surface area contributed by atoms with E-state index in [1.54, 1.807) is 13.8 Å². The third-order valence-corrected chi connectivity index (χ3v) is 15.9. The van der Waals surface area contributed by atoms with Gasteiger partial charge in [-0.2, -0.15) is 0 Å². The molecule has 0 spiro atoms. The van der Waals surface area contributed by atoms with Crippen molar-refractivity contribution in [2.24, 2.45) is 11.8 Å². The summed E-state index contributed by atoms with van der Waals surface area (Å²) in [6.07, 6.45) is -41.2. The predicted molar refractivity (Wildman–Crippen MR) is 274 cm³/mol. The summed E-state index contributed by atoms with van der Waals surface area (Å²) < 4.78 is 74.9. The maximum Gasteiger partial charge on any atom is 0.323 e. The maximum absolute atomic E-state index is 13.8. The van der Waals surface area contributed by atoms with Crippen LogP contribution in [0.25, 0.3) is 0 Å². The highest BCUT2D eigenvalue weighted by molar-refractivity contribution is 6.11. The normalized spacial score (nSPS) is 40.9. The summed E-state index contributed by atoms with van der Waals surface area (Å²) >= 11 is 0. The third-order valence-electron chi connectivity index (χ3n) is 15.9. The van der Waals surface area contributed by atoms with Crippen molar-refractivity contribution in [3.05, 3.63) is 23.4 Å². The summed E-state index contributed by atoms with van der Waals surface area (Å²) in [5.74, 6) is -6.00. The number of ether oxygens (including phenoxy) is 13. The van der Waals surface area contributed by atoms with E-state index in [0.29, 0.717) is 12.8 Å². The summed E-state index contributed by atoms with van der Waals surface area (Å²) in [5.41, 5.74) is 0. The molecule has 4 saturated heterocycles. The van der Waals surface area contributed by atoms with Gasteiger partial charge in [0.1, 0.15) is 113 Å². The minimum absolute atomic E-state index is 0.108. The van der Waals surface area contributed by atoms with Crippen LogP contribution in [0.3, 0.4) is 0 Å². The van der Waals surface area contributed by atoms with Crippen molar-refractivity contribution < 1.29 is 153 Å². The standard InChI is InChI=1S/C51H85BO31/c1-7-17(3)25(75-29(59)11-22(56)10-26(18(4)8-2)76-49-37(67)34(64)28(14-54)77-49)9-21(55)12-30(60)79-43-31(61)19(5)73-46(52)45(43)83-51-40(70)44(82-50-38(68)35(65)33(63)27(13-53)78-50)41(20(6)74-51)80-48-39(69)42(24(58)16-72-48)81-47-36(66)32(62)23(57)15-71-47/h17-28,31-35,37-38,40-46,49-51,53-58,61-70H,7-16,52H2,1-6H3/t17-,18-,19+,20-,21-,22-,23+,24+,25-,26-,27+,28-,31-,32-,33+,34-,35-,37+,38+,40+,41-,42-,43-,44-,45+,46+,49+,50-,51-/m0/s1. The molecule has 29 atom stereocenters. The van der Waals surface area contributed by atoms with E-state index >= 15 is 0 Å². The Morgan fingerprint density at radius 1 is 0.578 bits per heavy atom. The molecule has 16 N–H and O–H groups in total. The molecule has 6 aliphatic heterocycles. The first-order valence-electron chi connectivity index (χ1n) is 27.9. The molecule has 6 aliphatic rings. The molecule has 0 bridgehead atoms. The van der Waals surface area contributed by atoms with Crippen LogP contribution in [0.2, 0.25) is 0 Å². The average Bonchev–Trinajstić information content (AvgIpc) is 3.78. The van der Waals surface area contributed by atoms with E-state index in [1.165, 1.54) is 21.7 Å². The molecule has 31 nitrogen and oxygen atoms in total. The number of hydrogen-bond acceptors (Lipinski definition) is 31. The lowest BCUT2D eigenvalue weighted by Crippen LogP contribution is -2.66. The molecular formula is C51H85BO31. The number of esters is 2. The molecule has 0 aromatic rings. The molecule has 0 aromatic heterocycles. The molecule has 0 amide bonds. The monoisotopic (exact) mass is 1200 g/mol. The Morgan fingerprint density at radius 3 is 1.71 bits per heavy atom. The van der Waals surface area contributed by atoms with Gasteiger partial charge >= 0.3 is 23.8 Å². The smallest absolute Gasteiger partial charge is 0.323 e. The van der Waals surface area contributed by atoms with Gasteiger partial charge < -0.3 is 143 Å². The van der Waals surface area contributed by atoms with Gasteiger partial charge in [-0.3, -0.25) is 9.59 Å². The van der Waals surface area contributed by atoms with Crippen molar-refractivity contribution in [3.63, 3.8) is 0 Å². The van der Waals surface area contributed by atoms with Crippen molar-refractivity contribution in [2.45, 2.75) is 245 Å². The van der Waals surface area contributed by atoms with Gasteiger partial charge in [0.15, 0.2) is 37.2 Å². The Kier molecular flexibility index (Phi) is 25.1. The first-order valence-corrected chi connectivity index (χ1v) is 27.9. The molecule has 0 saturated carbocycles. The second-order valence-corrected chi connectivity index (χ2v) is 22.1. The van der Waals surface area contributed by atoms with Crippen LogP contribution in [-0.4, -0.2) is 293 Å². The Balaban J connectivity index is 1.15. The molecular weight excluding hydrogens is 1120 g/mol. The molecule has 6 rings (SSSR count). The molecule has 0 radical (unpaired) electrons. The van der Waals surface area contributed by atoms with Crippen LogP contribution in [0.15, 0.2) is 23.4 Å². The van der Waals surface area contributed by atoms with Gasteiger partial charge in [-0.15, -0.1) is 0 Å². The number of carbonyl (C=O) groups excluding carboxylic acids is 2. The Morgan fingerprint density at radius 2 is 1.10 bits per heavy atom. The summed E-state index contributed by atoms with van der Waals surface area (Å²) in [6, 6.07) is -1.06. The van der Waals surface area contributed by atoms with Crippen LogP contribution in [0.5, 0.6) is 0 Å². The molecule has 6 heterocycles. The summed E-state index contributed by atoms with van der Waals surface area (Å²) in [4.78, 5) is 27.1. The minimum Gasteiger partial charge on any atom is -0.504 e. The second-order valence-electron chi connectivity index (χ2n) is 22.1. The van der Waals surface area contributed by atoms with Crippen molar-refractivity contribution in [1.29, 1.82) is 0 Å². The van der Waals surface area contributed by atoms with E-state index in [2.05, 4.69) is 0 Å². The Hall–Kier alpha value is -3.56. The third kappa shape index (κ3) is 16.5. The summed E-state index contributed by atoms with van der Waals surface area (Å²) in [7, 11) is 1.49. The van der Waals surface area contributed by atoms with E-state index in [0.717, 1.165) is 0 Å². The van der Waals surface area contributed by atoms with Gasteiger partial charge in [-0.25, -0.2) is 0 Å². The zero-order valence-corrected chi connectivity index (χ0v) is 47.1. The quantitative estimate of drug-likeness (QED) is 0.0283. The van der Waals surface area contributed by atoms with Crippen molar-refractivity contribution in [3.8, 4) is 0 Å². The zero-order chi connectivity index (χ0) is 61.5. The highest BCUT2D eigenvalue weighted by atomic mass is 16.8. The van der Waals surface area contributed by atoms with Gasteiger partial charge in [0.05, 0.1) is 62.6 Å². The van der Waals surface area contributed by atoms with Crippen LogP contribution in [-0.2, 0) is 71.2 Å². The number of carbonyl (C=O) groups is 2. The summed E-state index contributed by atoms with van der Waals surface area (Å²) in [5, 5.41) is 171. The fourth-order valence-corrected chi connectivity index (χ4v) is 10.3. The Labute approximate surface area is 478 Å². The second kappa shape index (κ2) is 30.4. The van der Waals surface area contributed by atoms with Crippen LogP contribution in [0, 0.1) is 11.8 Å². The van der Waals surface area contributed by atoms with E-state index in [4.69, 9.17) is 61.6 Å². The number of rotatable bonds is 26. The van der Waals surface area contributed by atoms with Crippen LogP contribution < -0.4 is 0 Å². The average molecular weight is 1210 g/mol. The lowest BCUT2D eigenvalue weighted by molar-refractivity contribution is -0.371. The fraction of sp³-hybridized carbons (Fsp3) is 0.882.